The van der Waals surface area contributed by atoms with Gasteiger partial charge in [0.25, 0.3) is 11.5 Å². The van der Waals surface area contributed by atoms with Crippen LogP contribution in [0.2, 0.25) is 0 Å². The third-order valence-electron chi connectivity index (χ3n) is 13.8. The van der Waals surface area contributed by atoms with Gasteiger partial charge in [0.05, 0.1) is 30.9 Å². The average Bonchev–Trinajstić information content (AvgIpc) is 3.80. The summed E-state index contributed by atoms with van der Waals surface area (Å²) >= 11 is 0. The van der Waals surface area contributed by atoms with Crippen molar-refractivity contribution in [3.8, 4) is 0 Å². The molecule has 1 aromatic heterocycles. The van der Waals surface area contributed by atoms with Crippen molar-refractivity contribution < 1.29 is 80.1 Å². The number of likely N-dealkylation sites (N-methyl/N-ethyl adjacent to an activating group) is 1. The summed E-state index contributed by atoms with van der Waals surface area (Å²) in [4.78, 5) is 56.7. The number of carbonyl (C=O) groups is 1. The van der Waals surface area contributed by atoms with Crippen molar-refractivity contribution in [2.75, 3.05) is 117 Å². The molecule has 17 heteroatoms. The molecule has 0 aliphatic carbocycles. The van der Waals surface area contributed by atoms with E-state index in [1.807, 2.05) is 94.2 Å². The third kappa shape index (κ3) is 16.3. The summed E-state index contributed by atoms with van der Waals surface area (Å²) in [5.74, 6) is -0.465. The Balaban J connectivity index is 0.00000347. The molecule has 0 radical (unpaired) electrons. The van der Waals surface area contributed by atoms with Crippen LogP contribution in [-0.2, 0) is 16.2 Å². The number of aromatic nitrogens is 1. The fourth-order valence-corrected chi connectivity index (χ4v) is 9.74. The van der Waals surface area contributed by atoms with Gasteiger partial charge in [0.1, 0.15) is 11.6 Å². The Labute approximate surface area is 477 Å². The van der Waals surface area contributed by atoms with Gasteiger partial charge in [0, 0.05) is 127 Å². The molecule has 0 saturated carbocycles. The number of allylic oxidation sites excluding steroid dienone is 3. The molecule has 3 aliphatic rings. The van der Waals surface area contributed by atoms with E-state index in [0.29, 0.717) is 74.1 Å². The Morgan fingerprint density at radius 1 is 1.01 bits per heavy atom. The van der Waals surface area contributed by atoms with Crippen LogP contribution in [0.1, 0.15) is 80.4 Å². The summed E-state index contributed by atoms with van der Waals surface area (Å²) in [7, 11) is 10.9. The molecule has 0 bridgehead atoms. The predicted molar refractivity (Wildman–Crippen MR) is 289 cm³/mol. The second kappa shape index (κ2) is 30.0. The zero-order valence-electron chi connectivity index (χ0n) is 45.7. The number of aryl methyl sites for hydroxylation is 1. The summed E-state index contributed by atoms with van der Waals surface area (Å²) in [6.07, 6.45) is 12.5. The van der Waals surface area contributed by atoms with E-state index in [4.69, 9.17) is 4.84 Å². The number of benzene rings is 2. The molecule has 0 spiro atoms. The first-order chi connectivity index (χ1) is 34.0. The predicted octanol–water partition coefficient (Wildman–Crippen LogP) is 5.18. The number of halogens is 2. The quantitative estimate of drug-likeness (QED) is 0.0694. The Morgan fingerprint density at radius 3 is 2.26 bits per heavy atom. The minimum Gasteiger partial charge on any atom is -0.870 e. The molecule has 73 heavy (non-hydrogen) atoms. The first kappa shape index (κ1) is 63.4. The number of hydroxylamine groups is 1. The number of anilines is 3. The van der Waals surface area contributed by atoms with Crippen LogP contribution in [0.3, 0.4) is 0 Å². The van der Waals surface area contributed by atoms with Crippen molar-refractivity contribution in [2.45, 2.75) is 78.9 Å². The summed E-state index contributed by atoms with van der Waals surface area (Å²) in [6.45, 7) is 25.3. The number of hydrogen-bond donors (Lipinski definition) is 1. The van der Waals surface area contributed by atoms with Crippen molar-refractivity contribution in [1.82, 2.24) is 29.1 Å². The summed E-state index contributed by atoms with van der Waals surface area (Å²) in [5.41, 5.74) is 7.58. The monoisotopic (exact) mass is 1040 g/mol. The molecule has 14 nitrogen and oxygen atoms in total. The molecular formula is C56H80F2KN9O5-2. The van der Waals surface area contributed by atoms with Gasteiger partial charge in [-0.2, -0.15) is 6.42 Å². The molecule has 2 unspecified atom stereocenters. The second-order valence-electron chi connectivity index (χ2n) is 19.2. The Morgan fingerprint density at radius 2 is 1.70 bits per heavy atom. The van der Waals surface area contributed by atoms with E-state index in [0.717, 1.165) is 78.4 Å². The number of carbonyl (C=O) groups excluding carboxylic acids is 2. The van der Waals surface area contributed by atoms with E-state index in [-0.39, 0.29) is 92.4 Å². The minimum absolute atomic E-state index is 0. The molecular weight excluding hydrogens is 956 g/mol. The Hall–Kier alpha value is -3.85. The smallest absolute Gasteiger partial charge is 0.870 e. The molecule has 6 rings (SSSR count). The maximum absolute atomic E-state index is 16.1. The number of pyridine rings is 1. The summed E-state index contributed by atoms with van der Waals surface area (Å²) in [5, 5.41) is 4.38. The van der Waals surface area contributed by atoms with Crippen LogP contribution in [0.15, 0.2) is 83.3 Å². The maximum Gasteiger partial charge on any atom is 1.00 e. The van der Waals surface area contributed by atoms with Gasteiger partial charge in [-0.05, 0) is 107 Å². The maximum atomic E-state index is 16.1. The van der Waals surface area contributed by atoms with E-state index in [9.17, 15) is 14.4 Å². The van der Waals surface area contributed by atoms with E-state index in [2.05, 4.69) is 59.5 Å². The average molecular weight is 1040 g/mol. The molecule has 2 aromatic carbocycles. The first-order valence-corrected chi connectivity index (χ1v) is 25.1. The van der Waals surface area contributed by atoms with Gasteiger partial charge in [0.2, 0.25) is 0 Å². The zero-order valence-corrected chi connectivity index (χ0v) is 48.9. The van der Waals surface area contributed by atoms with Crippen LogP contribution in [0.5, 0.6) is 0 Å². The molecule has 3 aliphatic heterocycles. The molecule has 2 atom stereocenters. The third-order valence-corrected chi connectivity index (χ3v) is 13.8. The van der Waals surface area contributed by atoms with Crippen molar-refractivity contribution in [3.05, 3.63) is 130 Å². The minimum atomic E-state index is -0.767. The largest absolute Gasteiger partial charge is 1.00 e. The van der Waals surface area contributed by atoms with Gasteiger partial charge in [0.15, 0.2) is 0 Å². The molecule has 4 heterocycles. The van der Waals surface area contributed by atoms with Crippen molar-refractivity contribution >= 4 is 40.5 Å². The van der Waals surface area contributed by atoms with Gasteiger partial charge < -0.3 is 37.2 Å². The fraction of sp³-hybridized carbons (Fsp3) is 0.500. The van der Waals surface area contributed by atoms with Crippen molar-refractivity contribution in [2.24, 2.45) is 5.92 Å². The van der Waals surface area contributed by atoms with Gasteiger partial charge >= 0.3 is 51.4 Å². The van der Waals surface area contributed by atoms with Crippen LogP contribution < -0.4 is 72.2 Å². The zero-order chi connectivity index (χ0) is 52.1. The number of piperidine rings is 1. The number of hydrogen-bond acceptors (Lipinski definition) is 12. The van der Waals surface area contributed by atoms with Gasteiger partial charge in [-0.1, -0.05) is 44.2 Å². The van der Waals surface area contributed by atoms with Gasteiger partial charge in [-0.25, -0.2) is 15.1 Å². The molecule has 3 aromatic rings. The number of rotatable bonds is 20. The van der Waals surface area contributed by atoms with E-state index < -0.39 is 6.04 Å². The summed E-state index contributed by atoms with van der Waals surface area (Å²) < 4.78 is 33.3. The van der Waals surface area contributed by atoms with Crippen LogP contribution in [0.25, 0.3) is 11.3 Å². The van der Waals surface area contributed by atoms with Crippen LogP contribution in [0.4, 0.5) is 25.8 Å². The SMILES string of the molecule is C=C(/C=C(\C)C(C)N1CC=C(c2c(C)cc(C(=O)N3CCC(CN4CCN(Cc5cc(N(C)C)c(N(OC)C([C-]=O)C[CH2-])cc5F)C4)CC3)cc2F)CC1)/C(=C\CN(C)C)n1ccc(NC)cc1=O.CC.[K+].[OH-]. The van der Waals surface area contributed by atoms with Crippen molar-refractivity contribution in [3.63, 3.8) is 0 Å². The van der Waals surface area contributed by atoms with Crippen LogP contribution in [-0.4, -0.2) is 160 Å². The summed E-state index contributed by atoms with van der Waals surface area (Å²) in [6, 6.07) is 9.25. The number of amides is 1. The normalized spacial score (nSPS) is 16.9. The van der Waals surface area contributed by atoms with Crippen LogP contribution >= 0.6 is 0 Å². The second-order valence-corrected chi connectivity index (χ2v) is 19.2. The number of likely N-dealkylation sites (tertiary alicyclic amines) is 1. The Bertz CT molecular complexity index is 2460. The number of nitrogens with one attached hydrogen (secondary N) is 1. The molecule has 2 saturated heterocycles. The first-order valence-electron chi connectivity index (χ1n) is 25.1. The van der Waals surface area contributed by atoms with E-state index in [1.165, 1.54) is 24.3 Å². The number of nitrogens with zero attached hydrogens (tertiary/aromatic N) is 8. The van der Waals surface area contributed by atoms with E-state index in [1.54, 1.807) is 23.9 Å². The standard InChI is InChI=1S/C54H73F2N9O4.C2H6.K.H2O/c1-12-46(35-66)65(69-11)51-32-47(55)44(30-50(51)59(9)10)34-61-26-25-60(36-61)33-41-13-20-63(21-14-41)54(68)43-28-39(4)53(48(56)29-43)42-15-22-62(23-16-42)40(5)37(2)27-38(3)49(18-19-58(7)8)64-24-17-45(57-6)31-52(64)67;1-2;;/h15,17-18,24,27-32,40-41,46,57H,1,3,12-14,16,19-23,25-26,33-34,36H2,2,4-11H3;1-2H3;;1H2/q-2;;+1;/p-1/b37-27+,49-18+;;;. The van der Waals surface area contributed by atoms with Gasteiger partial charge in [-0.15, -0.1) is 0 Å². The Kier molecular flexibility index (Phi) is 26.1. The molecule has 2 N–H and O–H groups in total. The molecule has 396 valence electrons. The fourth-order valence-electron chi connectivity index (χ4n) is 9.74. The molecule has 2 fully saturated rings. The van der Waals surface area contributed by atoms with Crippen molar-refractivity contribution in [1.29, 1.82) is 0 Å². The molecule has 1 amide bonds. The topological polar surface area (TPSA) is 130 Å². The van der Waals surface area contributed by atoms with Crippen LogP contribution in [0, 0.1) is 31.4 Å². The van der Waals surface area contributed by atoms with Gasteiger partial charge in [-0.3, -0.25) is 38.8 Å². The van der Waals surface area contributed by atoms with E-state index >= 15 is 8.78 Å².